The van der Waals surface area contributed by atoms with Crippen LogP contribution in [0.3, 0.4) is 0 Å². The smallest absolute Gasteiger partial charge is 0.410 e. The van der Waals surface area contributed by atoms with Crippen LogP contribution in [0.15, 0.2) is 0 Å². The van der Waals surface area contributed by atoms with E-state index in [1.54, 1.807) is 27.9 Å². The second kappa shape index (κ2) is 6.73. The first kappa shape index (κ1) is 18.5. The molecule has 1 rings (SSSR count). The maximum atomic E-state index is 12.1. The van der Waals surface area contributed by atoms with Crippen LogP contribution in [-0.4, -0.2) is 60.6 Å². The summed E-state index contributed by atoms with van der Waals surface area (Å²) in [5.41, 5.74) is -1.13. The number of hydrogen-bond donors (Lipinski definition) is 1. The largest absolute Gasteiger partial charge is 0.444 e. The van der Waals surface area contributed by atoms with Crippen molar-refractivity contribution in [3.63, 3.8) is 0 Å². The zero-order chi connectivity index (χ0) is 17.1. The zero-order valence-electron chi connectivity index (χ0n) is 14.6. The molecule has 1 N–H and O–H groups in total. The first-order valence-corrected chi connectivity index (χ1v) is 7.41. The van der Waals surface area contributed by atoms with Crippen LogP contribution in [0.25, 0.3) is 0 Å². The van der Waals surface area contributed by atoms with Gasteiger partial charge in [-0.25, -0.2) is 9.59 Å². The van der Waals surface area contributed by atoms with Crippen molar-refractivity contribution >= 4 is 12.2 Å². The second-order valence-corrected chi connectivity index (χ2v) is 7.41. The highest BCUT2D eigenvalue weighted by molar-refractivity contribution is 5.70. The molecule has 1 heterocycles. The van der Waals surface area contributed by atoms with Gasteiger partial charge in [0.2, 0.25) is 0 Å². The fraction of sp³-hybridized carbons (Fsp3) is 0.867. The minimum Gasteiger partial charge on any atom is -0.444 e. The van der Waals surface area contributed by atoms with Crippen LogP contribution in [0.1, 0.15) is 41.5 Å². The van der Waals surface area contributed by atoms with E-state index in [1.807, 2.05) is 20.8 Å². The molecule has 1 saturated heterocycles. The molecule has 0 aromatic rings. The lowest BCUT2D eigenvalue weighted by atomic mass is 10.2. The molecule has 7 nitrogen and oxygen atoms in total. The van der Waals surface area contributed by atoms with E-state index in [0.29, 0.717) is 13.1 Å². The number of carbonyl (C=O) groups is 2. The summed E-state index contributed by atoms with van der Waals surface area (Å²) in [6, 6.07) is -0.327. The molecule has 0 bridgehead atoms. The Morgan fingerprint density at radius 2 is 1.55 bits per heavy atom. The summed E-state index contributed by atoms with van der Waals surface area (Å²) in [5, 5.41) is 2.75. The van der Waals surface area contributed by atoms with Crippen molar-refractivity contribution in [2.45, 2.75) is 64.9 Å². The molecule has 2 atom stereocenters. The quantitative estimate of drug-likeness (QED) is 0.844. The molecule has 7 heteroatoms. The minimum atomic E-state index is -0.573. The Hall–Kier alpha value is -1.50. The third-order valence-electron chi connectivity index (χ3n) is 2.92. The van der Waals surface area contributed by atoms with Gasteiger partial charge in [-0.05, 0) is 41.5 Å². The fourth-order valence-corrected chi connectivity index (χ4v) is 2.09. The van der Waals surface area contributed by atoms with Crippen LogP contribution in [0.4, 0.5) is 9.59 Å². The Labute approximate surface area is 132 Å². The van der Waals surface area contributed by atoms with Crippen LogP contribution in [0, 0.1) is 0 Å². The van der Waals surface area contributed by atoms with Crippen molar-refractivity contribution in [1.82, 2.24) is 10.2 Å². The van der Waals surface area contributed by atoms with Crippen LogP contribution in [0.2, 0.25) is 0 Å². The van der Waals surface area contributed by atoms with E-state index < -0.39 is 23.4 Å². The van der Waals surface area contributed by atoms with Gasteiger partial charge in [0.05, 0.1) is 18.7 Å². The number of amides is 2. The Kier molecular flexibility index (Phi) is 5.67. The van der Waals surface area contributed by atoms with Gasteiger partial charge in [0, 0.05) is 13.7 Å². The van der Waals surface area contributed by atoms with Gasteiger partial charge in [0.25, 0.3) is 0 Å². The molecule has 0 saturated carbocycles. The molecule has 22 heavy (non-hydrogen) atoms. The molecule has 128 valence electrons. The van der Waals surface area contributed by atoms with E-state index in [-0.39, 0.29) is 12.1 Å². The normalized spacial score (nSPS) is 22.4. The van der Waals surface area contributed by atoms with Crippen molar-refractivity contribution in [2.75, 3.05) is 20.2 Å². The number of hydrogen-bond acceptors (Lipinski definition) is 5. The van der Waals surface area contributed by atoms with E-state index in [2.05, 4.69) is 5.32 Å². The second-order valence-electron chi connectivity index (χ2n) is 7.41. The first-order valence-electron chi connectivity index (χ1n) is 7.41. The Morgan fingerprint density at radius 1 is 1.00 bits per heavy atom. The highest BCUT2D eigenvalue weighted by atomic mass is 16.6. The maximum Gasteiger partial charge on any atom is 0.410 e. The average molecular weight is 316 g/mol. The molecule has 0 aliphatic carbocycles. The van der Waals surface area contributed by atoms with Gasteiger partial charge in [-0.15, -0.1) is 0 Å². The van der Waals surface area contributed by atoms with E-state index in [4.69, 9.17) is 14.2 Å². The van der Waals surface area contributed by atoms with Crippen molar-refractivity contribution < 1.29 is 23.8 Å². The van der Waals surface area contributed by atoms with Crippen LogP contribution < -0.4 is 5.32 Å². The molecule has 1 fully saturated rings. The summed E-state index contributed by atoms with van der Waals surface area (Å²) in [6.07, 6.45) is -1.23. The third-order valence-corrected chi connectivity index (χ3v) is 2.92. The Morgan fingerprint density at radius 3 is 2.00 bits per heavy atom. The molecule has 0 radical (unpaired) electrons. The predicted octanol–water partition coefficient (Wildman–Crippen LogP) is 2.15. The lowest BCUT2D eigenvalue weighted by Gasteiger charge is -2.24. The number of ether oxygens (including phenoxy) is 3. The molecular formula is C15H28N2O5. The summed E-state index contributed by atoms with van der Waals surface area (Å²) in [6.45, 7) is 11.5. The molecule has 0 aromatic heterocycles. The summed E-state index contributed by atoms with van der Waals surface area (Å²) < 4.78 is 15.9. The van der Waals surface area contributed by atoms with Crippen LogP contribution in [-0.2, 0) is 14.2 Å². The summed E-state index contributed by atoms with van der Waals surface area (Å²) >= 11 is 0. The zero-order valence-corrected chi connectivity index (χ0v) is 14.6. The SMILES string of the molecule is CO[C@@H]1CN(C(=O)OC(C)(C)C)C[C@@H]1NC(=O)OC(C)(C)C. The molecule has 0 unspecified atom stereocenters. The highest BCUT2D eigenvalue weighted by Gasteiger charge is 2.38. The monoisotopic (exact) mass is 316 g/mol. The number of nitrogens with one attached hydrogen (secondary N) is 1. The number of nitrogens with zero attached hydrogens (tertiary/aromatic N) is 1. The van der Waals surface area contributed by atoms with Crippen LogP contribution >= 0.6 is 0 Å². The highest BCUT2D eigenvalue weighted by Crippen LogP contribution is 2.18. The number of carbonyl (C=O) groups excluding carboxylic acids is 2. The van der Waals surface area contributed by atoms with Crippen LogP contribution in [0.5, 0.6) is 0 Å². The molecule has 0 aromatic carbocycles. The van der Waals surface area contributed by atoms with Crippen molar-refractivity contribution in [1.29, 1.82) is 0 Å². The van der Waals surface area contributed by atoms with E-state index >= 15 is 0 Å². The lowest BCUT2D eigenvalue weighted by Crippen LogP contribution is -2.46. The van der Waals surface area contributed by atoms with Gasteiger partial charge in [0.1, 0.15) is 11.2 Å². The molecule has 2 amide bonds. The number of methoxy groups -OCH3 is 1. The summed E-state index contributed by atoms with van der Waals surface area (Å²) in [5.74, 6) is 0. The van der Waals surface area contributed by atoms with Crippen molar-refractivity contribution in [3.8, 4) is 0 Å². The van der Waals surface area contributed by atoms with Gasteiger partial charge in [-0.2, -0.15) is 0 Å². The van der Waals surface area contributed by atoms with Gasteiger partial charge in [0.15, 0.2) is 0 Å². The van der Waals surface area contributed by atoms with Crippen molar-refractivity contribution in [3.05, 3.63) is 0 Å². The average Bonchev–Trinajstić information content (AvgIpc) is 2.67. The fourth-order valence-electron chi connectivity index (χ4n) is 2.09. The van der Waals surface area contributed by atoms with Gasteiger partial charge in [-0.1, -0.05) is 0 Å². The Bertz CT molecular complexity index is 411. The third kappa shape index (κ3) is 6.09. The standard InChI is InChI=1S/C15H28N2O5/c1-14(2,3)21-12(18)16-10-8-17(9-11(10)20-7)13(19)22-15(4,5)6/h10-11H,8-9H2,1-7H3,(H,16,18)/t10-,11+/m0/s1. The lowest BCUT2D eigenvalue weighted by molar-refractivity contribution is 0.0252. The van der Waals surface area contributed by atoms with E-state index in [9.17, 15) is 9.59 Å². The Balaban J connectivity index is 2.62. The van der Waals surface area contributed by atoms with Gasteiger partial charge in [-0.3, -0.25) is 0 Å². The molecule has 0 spiro atoms. The minimum absolute atomic E-state index is 0.292. The van der Waals surface area contributed by atoms with Crippen molar-refractivity contribution in [2.24, 2.45) is 0 Å². The van der Waals surface area contributed by atoms with E-state index in [1.165, 1.54) is 4.90 Å². The van der Waals surface area contributed by atoms with E-state index in [0.717, 1.165) is 0 Å². The van der Waals surface area contributed by atoms with Gasteiger partial charge >= 0.3 is 12.2 Å². The number of rotatable bonds is 2. The summed E-state index contributed by atoms with van der Waals surface area (Å²) in [4.78, 5) is 25.5. The maximum absolute atomic E-state index is 12.1. The first-order chi connectivity index (χ1) is 9.91. The van der Waals surface area contributed by atoms with Gasteiger partial charge < -0.3 is 24.4 Å². The molecule has 1 aliphatic heterocycles. The number of alkyl carbamates (subject to hydrolysis) is 1. The molecular weight excluding hydrogens is 288 g/mol. The number of likely N-dealkylation sites (tertiary alicyclic amines) is 1. The topological polar surface area (TPSA) is 77.1 Å². The predicted molar refractivity (Wildman–Crippen MR) is 81.8 cm³/mol. The summed E-state index contributed by atoms with van der Waals surface area (Å²) in [7, 11) is 1.55. The molecule has 1 aliphatic rings.